The second kappa shape index (κ2) is 8.28. The number of hydrogen-bond acceptors (Lipinski definition) is 5. The normalized spacial score (nSPS) is 15.9. The van der Waals surface area contributed by atoms with E-state index in [9.17, 15) is 14.7 Å². The molecule has 1 aliphatic heterocycles. The van der Waals surface area contributed by atoms with Crippen molar-refractivity contribution >= 4 is 28.3 Å². The Hall–Kier alpha value is -3.19. The second-order valence-electron chi connectivity index (χ2n) is 7.50. The van der Waals surface area contributed by atoms with Crippen molar-refractivity contribution in [2.24, 2.45) is 0 Å². The number of aromatic hydroxyl groups is 1. The summed E-state index contributed by atoms with van der Waals surface area (Å²) in [4.78, 5) is 31.8. The van der Waals surface area contributed by atoms with E-state index in [4.69, 9.17) is 0 Å². The lowest BCUT2D eigenvalue weighted by atomic mass is 10.1. The van der Waals surface area contributed by atoms with Crippen LogP contribution in [0, 0.1) is 13.8 Å². The second-order valence-corrected chi connectivity index (χ2v) is 8.36. The molecule has 154 valence electrons. The lowest BCUT2D eigenvalue weighted by molar-refractivity contribution is -0.119. The Labute approximate surface area is 179 Å². The van der Waals surface area contributed by atoms with E-state index in [0.717, 1.165) is 17.7 Å². The molecule has 0 saturated carbocycles. The SMILES string of the molecule is Cc1ccc(-c2csc(NC(=O)[C@H]3CCCN3C(=O)c3ccccc3O)n2)cc1C. The molecule has 1 fully saturated rings. The Kier molecular flexibility index (Phi) is 5.55. The number of para-hydroxylation sites is 1. The van der Waals surface area contributed by atoms with Gasteiger partial charge in [0.15, 0.2) is 5.13 Å². The number of carbonyl (C=O) groups is 2. The van der Waals surface area contributed by atoms with Gasteiger partial charge in [0.25, 0.3) is 5.91 Å². The first kappa shape index (κ1) is 20.1. The molecule has 0 radical (unpaired) electrons. The first-order valence-corrected chi connectivity index (χ1v) is 10.7. The average Bonchev–Trinajstić information content (AvgIpc) is 3.40. The largest absolute Gasteiger partial charge is 0.507 e. The van der Waals surface area contributed by atoms with Gasteiger partial charge in [0.2, 0.25) is 5.91 Å². The quantitative estimate of drug-likeness (QED) is 0.655. The van der Waals surface area contributed by atoms with E-state index in [1.165, 1.54) is 33.4 Å². The van der Waals surface area contributed by atoms with E-state index < -0.39 is 6.04 Å². The minimum Gasteiger partial charge on any atom is -0.507 e. The number of phenolic OH excluding ortho intramolecular Hbond substituents is 1. The Morgan fingerprint density at radius 1 is 1.17 bits per heavy atom. The summed E-state index contributed by atoms with van der Waals surface area (Å²) in [6.07, 6.45) is 1.32. The minimum atomic E-state index is -0.578. The smallest absolute Gasteiger partial charge is 0.258 e. The Balaban J connectivity index is 1.48. The van der Waals surface area contributed by atoms with E-state index >= 15 is 0 Å². The third kappa shape index (κ3) is 3.93. The first-order chi connectivity index (χ1) is 14.4. The van der Waals surface area contributed by atoms with Crippen molar-refractivity contribution in [3.8, 4) is 17.0 Å². The van der Waals surface area contributed by atoms with Crippen LogP contribution >= 0.6 is 11.3 Å². The Morgan fingerprint density at radius 3 is 2.73 bits per heavy atom. The molecule has 0 aliphatic carbocycles. The van der Waals surface area contributed by atoms with Crippen LogP contribution in [0.15, 0.2) is 47.8 Å². The van der Waals surface area contributed by atoms with Gasteiger partial charge < -0.3 is 15.3 Å². The summed E-state index contributed by atoms with van der Waals surface area (Å²) in [6.45, 7) is 4.61. The molecule has 2 heterocycles. The maximum Gasteiger partial charge on any atom is 0.258 e. The number of aryl methyl sites for hydroxylation is 2. The van der Waals surface area contributed by atoms with Crippen LogP contribution in [0.25, 0.3) is 11.3 Å². The number of phenols is 1. The zero-order valence-electron chi connectivity index (χ0n) is 16.9. The molecular weight excluding hydrogens is 398 g/mol. The molecule has 2 aromatic carbocycles. The van der Waals surface area contributed by atoms with Crippen LogP contribution < -0.4 is 5.32 Å². The van der Waals surface area contributed by atoms with Gasteiger partial charge in [-0.3, -0.25) is 9.59 Å². The van der Waals surface area contributed by atoms with Gasteiger partial charge in [-0.25, -0.2) is 4.98 Å². The molecule has 1 aliphatic rings. The molecule has 0 unspecified atom stereocenters. The van der Waals surface area contributed by atoms with Crippen LogP contribution in [0.1, 0.15) is 34.3 Å². The van der Waals surface area contributed by atoms with Crippen LogP contribution in [0.2, 0.25) is 0 Å². The molecule has 1 aromatic heterocycles. The van der Waals surface area contributed by atoms with Gasteiger partial charge >= 0.3 is 0 Å². The summed E-state index contributed by atoms with van der Waals surface area (Å²) in [5, 5.41) is 15.3. The first-order valence-electron chi connectivity index (χ1n) is 9.87. The Bertz CT molecular complexity index is 1110. The van der Waals surface area contributed by atoms with Gasteiger partial charge in [-0.2, -0.15) is 0 Å². The summed E-state index contributed by atoms with van der Waals surface area (Å²) < 4.78 is 0. The van der Waals surface area contributed by atoms with E-state index in [0.29, 0.717) is 18.1 Å². The van der Waals surface area contributed by atoms with Gasteiger partial charge in [-0.1, -0.05) is 24.3 Å². The molecule has 0 spiro atoms. The summed E-state index contributed by atoms with van der Waals surface area (Å²) in [5.74, 6) is -0.663. The number of anilines is 1. The molecule has 1 saturated heterocycles. The molecule has 7 heteroatoms. The van der Waals surface area contributed by atoms with Gasteiger partial charge in [-0.05, 0) is 56.0 Å². The number of benzene rings is 2. The summed E-state index contributed by atoms with van der Waals surface area (Å²) in [6, 6.07) is 12.0. The van der Waals surface area contributed by atoms with Crippen molar-refractivity contribution in [2.45, 2.75) is 32.7 Å². The number of rotatable bonds is 4. The number of likely N-dealkylation sites (tertiary alicyclic amines) is 1. The highest BCUT2D eigenvalue weighted by molar-refractivity contribution is 7.14. The maximum atomic E-state index is 12.9. The van der Waals surface area contributed by atoms with E-state index in [-0.39, 0.29) is 23.1 Å². The maximum absolute atomic E-state index is 12.9. The molecule has 0 bridgehead atoms. The predicted octanol–water partition coefficient (Wildman–Crippen LogP) is 4.38. The molecule has 2 amide bonds. The zero-order chi connectivity index (χ0) is 21.3. The average molecular weight is 422 g/mol. The van der Waals surface area contributed by atoms with Crippen molar-refractivity contribution < 1.29 is 14.7 Å². The summed E-state index contributed by atoms with van der Waals surface area (Å²) >= 11 is 1.36. The lowest BCUT2D eigenvalue weighted by Crippen LogP contribution is -2.43. The van der Waals surface area contributed by atoms with E-state index in [1.54, 1.807) is 18.2 Å². The van der Waals surface area contributed by atoms with Crippen molar-refractivity contribution in [3.63, 3.8) is 0 Å². The standard InChI is InChI=1S/C23H23N3O3S/c1-14-9-10-16(12-15(14)2)18-13-30-23(24-18)25-21(28)19-7-5-11-26(19)22(29)17-6-3-4-8-20(17)27/h3-4,6,8-10,12-13,19,27H,5,7,11H2,1-2H3,(H,24,25,28)/t19-/m1/s1. The predicted molar refractivity (Wildman–Crippen MR) is 118 cm³/mol. The van der Waals surface area contributed by atoms with Crippen molar-refractivity contribution in [1.29, 1.82) is 0 Å². The number of carbonyl (C=O) groups excluding carboxylic acids is 2. The van der Waals surface area contributed by atoms with E-state index in [2.05, 4.69) is 36.3 Å². The fraction of sp³-hybridized carbons (Fsp3) is 0.261. The number of aromatic nitrogens is 1. The molecule has 1 atom stereocenters. The van der Waals surface area contributed by atoms with E-state index in [1.807, 2.05) is 11.4 Å². The number of nitrogens with zero attached hydrogens (tertiary/aromatic N) is 2. The van der Waals surface area contributed by atoms with Crippen LogP contribution in [-0.4, -0.2) is 39.4 Å². The fourth-order valence-corrected chi connectivity index (χ4v) is 4.37. The van der Waals surface area contributed by atoms with Gasteiger partial charge in [0, 0.05) is 17.5 Å². The van der Waals surface area contributed by atoms with Crippen LogP contribution in [0.4, 0.5) is 5.13 Å². The number of thiazole rings is 1. The van der Waals surface area contributed by atoms with Gasteiger partial charge in [0.05, 0.1) is 11.3 Å². The highest BCUT2D eigenvalue weighted by Gasteiger charge is 2.35. The highest BCUT2D eigenvalue weighted by atomic mass is 32.1. The number of hydrogen-bond donors (Lipinski definition) is 2. The summed E-state index contributed by atoms with van der Waals surface area (Å²) in [5.41, 5.74) is 4.44. The molecular formula is C23H23N3O3S. The fourth-order valence-electron chi connectivity index (χ4n) is 3.64. The number of amides is 2. The molecule has 2 N–H and O–H groups in total. The molecule has 3 aromatic rings. The van der Waals surface area contributed by atoms with Gasteiger partial charge in [0.1, 0.15) is 11.8 Å². The van der Waals surface area contributed by atoms with Crippen molar-refractivity contribution in [3.05, 3.63) is 64.5 Å². The summed E-state index contributed by atoms with van der Waals surface area (Å²) in [7, 11) is 0. The lowest BCUT2D eigenvalue weighted by Gasteiger charge is -2.23. The van der Waals surface area contributed by atoms with Gasteiger partial charge in [-0.15, -0.1) is 11.3 Å². The van der Waals surface area contributed by atoms with Crippen molar-refractivity contribution in [2.75, 3.05) is 11.9 Å². The monoisotopic (exact) mass is 421 g/mol. The third-order valence-electron chi connectivity index (χ3n) is 5.49. The minimum absolute atomic E-state index is 0.0773. The highest BCUT2D eigenvalue weighted by Crippen LogP contribution is 2.28. The topological polar surface area (TPSA) is 82.5 Å². The molecule has 30 heavy (non-hydrogen) atoms. The van der Waals surface area contributed by atoms with Crippen LogP contribution in [0.5, 0.6) is 5.75 Å². The molecule has 4 rings (SSSR count). The Morgan fingerprint density at radius 2 is 1.97 bits per heavy atom. The van der Waals surface area contributed by atoms with Crippen molar-refractivity contribution in [1.82, 2.24) is 9.88 Å². The zero-order valence-corrected chi connectivity index (χ0v) is 17.7. The molecule has 6 nitrogen and oxygen atoms in total. The third-order valence-corrected chi connectivity index (χ3v) is 6.25. The number of nitrogens with one attached hydrogen (secondary N) is 1. The van der Waals surface area contributed by atoms with Crippen LogP contribution in [0.3, 0.4) is 0 Å². The van der Waals surface area contributed by atoms with Crippen LogP contribution in [-0.2, 0) is 4.79 Å².